The van der Waals surface area contributed by atoms with Gasteiger partial charge in [0.05, 0.1) is 11.4 Å². The predicted molar refractivity (Wildman–Crippen MR) is 63.1 cm³/mol. The number of aryl methyl sites for hydroxylation is 2. The molecule has 4 nitrogen and oxygen atoms in total. The molecule has 1 aliphatic heterocycles. The van der Waals surface area contributed by atoms with Crippen LogP contribution in [0, 0.1) is 5.92 Å². The van der Waals surface area contributed by atoms with Crippen LogP contribution >= 0.6 is 0 Å². The highest BCUT2D eigenvalue weighted by atomic mass is 16.5. The van der Waals surface area contributed by atoms with Crippen molar-refractivity contribution in [3.8, 4) is 0 Å². The van der Waals surface area contributed by atoms with E-state index < -0.39 is 0 Å². The van der Waals surface area contributed by atoms with Gasteiger partial charge in [0.15, 0.2) is 0 Å². The summed E-state index contributed by atoms with van der Waals surface area (Å²) >= 11 is 0. The van der Waals surface area contributed by atoms with E-state index in [1.807, 2.05) is 11.7 Å². The van der Waals surface area contributed by atoms with E-state index in [4.69, 9.17) is 10.5 Å². The van der Waals surface area contributed by atoms with Gasteiger partial charge in [-0.2, -0.15) is 5.10 Å². The van der Waals surface area contributed by atoms with Gasteiger partial charge in [0.25, 0.3) is 0 Å². The normalized spacial score (nSPS) is 19.9. The maximum absolute atomic E-state index is 6.32. The number of rotatable bonds is 3. The fourth-order valence-corrected chi connectivity index (χ4v) is 2.34. The quantitative estimate of drug-likeness (QED) is 0.843. The highest BCUT2D eigenvalue weighted by molar-refractivity contribution is 5.14. The van der Waals surface area contributed by atoms with Gasteiger partial charge in [0, 0.05) is 26.3 Å². The van der Waals surface area contributed by atoms with Crippen molar-refractivity contribution in [3.63, 3.8) is 0 Å². The molecule has 1 atom stereocenters. The summed E-state index contributed by atoms with van der Waals surface area (Å²) in [5.74, 6) is 0.536. The average molecular weight is 223 g/mol. The second-order valence-electron chi connectivity index (χ2n) is 4.51. The van der Waals surface area contributed by atoms with Crippen LogP contribution in [0.25, 0.3) is 0 Å². The second-order valence-corrected chi connectivity index (χ2v) is 4.51. The molecular formula is C12H21N3O. The first-order valence-corrected chi connectivity index (χ1v) is 6.08. The van der Waals surface area contributed by atoms with E-state index in [1.165, 1.54) is 0 Å². The third kappa shape index (κ3) is 2.28. The molecule has 0 spiro atoms. The van der Waals surface area contributed by atoms with Crippen molar-refractivity contribution in [2.24, 2.45) is 18.7 Å². The largest absolute Gasteiger partial charge is 0.381 e. The van der Waals surface area contributed by atoms with Gasteiger partial charge < -0.3 is 10.5 Å². The molecule has 1 saturated heterocycles. The van der Waals surface area contributed by atoms with Gasteiger partial charge in [-0.05, 0) is 31.2 Å². The fraction of sp³-hybridized carbons (Fsp3) is 0.750. The van der Waals surface area contributed by atoms with Crippen molar-refractivity contribution in [3.05, 3.63) is 17.5 Å². The molecule has 4 heteroatoms. The van der Waals surface area contributed by atoms with Gasteiger partial charge in [-0.25, -0.2) is 0 Å². The van der Waals surface area contributed by atoms with E-state index in [9.17, 15) is 0 Å². The van der Waals surface area contributed by atoms with Gasteiger partial charge in [-0.15, -0.1) is 0 Å². The van der Waals surface area contributed by atoms with Crippen LogP contribution in [0.2, 0.25) is 0 Å². The van der Waals surface area contributed by atoms with Crippen molar-refractivity contribution in [2.45, 2.75) is 32.2 Å². The van der Waals surface area contributed by atoms with Crippen LogP contribution in [0.15, 0.2) is 6.07 Å². The number of hydrogen-bond acceptors (Lipinski definition) is 3. The standard InChI is InChI=1S/C12H21N3O/c1-3-10-8-11(15(2)14-10)12(13)9-4-6-16-7-5-9/h8-9,12H,3-7,13H2,1-2H3. The van der Waals surface area contributed by atoms with Crippen LogP contribution in [-0.2, 0) is 18.2 Å². The lowest BCUT2D eigenvalue weighted by Crippen LogP contribution is -2.28. The van der Waals surface area contributed by atoms with Crippen molar-refractivity contribution in [2.75, 3.05) is 13.2 Å². The molecule has 1 unspecified atom stereocenters. The van der Waals surface area contributed by atoms with Crippen LogP contribution in [0.3, 0.4) is 0 Å². The highest BCUT2D eigenvalue weighted by Gasteiger charge is 2.24. The minimum Gasteiger partial charge on any atom is -0.381 e. The topological polar surface area (TPSA) is 53.1 Å². The van der Waals surface area contributed by atoms with E-state index in [0.717, 1.165) is 43.9 Å². The highest BCUT2D eigenvalue weighted by Crippen LogP contribution is 2.28. The summed E-state index contributed by atoms with van der Waals surface area (Å²) in [6.07, 6.45) is 3.09. The number of nitrogens with zero attached hydrogens (tertiary/aromatic N) is 2. The number of nitrogens with two attached hydrogens (primary N) is 1. The minimum absolute atomic E-state index is 0.0988. The zero-order chi connectivity index (χ0) is 11.5. The zero-order valence-electron chi connectivity index (χ0n) is 10.1. The van der Waals surface area contributed by atoms with E-state index in [0.29, 0.717) is 5.92 Å². The first-order chi connectivity index (χ1) is 7.72. The van der Waals surface area contributed by atoms with E-state index in [-0.39, 0.29) is 6.04 Å². The first-order valence-electron chi connectivity index (χ1n) is 6.08. The molecule has 2 N–H and O–H groups in total. The summed E-state index contributed by atoms with van der Waals surface area (Å²) in [6, 6.07) is 2.24. The summed E-state index contributed by atoms with van der Waals surface area (Å²) in [4.78, 5) is 0. The van der Waals surface area contributed by atoms with Crippen molar-refractivity contribution in [1.82, 2.24) is 9.78 Å². The van der Waals surface area contributed by atoms with Gasteiger partial charge in [0.2, 0.25) is 0 Å². The SMILES string of the molecule is CCc1cc(C(N)C2CCOCC2)n(C)n1. The van der Waals surface area contributed by atoms with Gasteiger partial charge in [0.1, 0.15) is 0 Å². The third-order valence-corrected chi connectivity index (χ3v) is 3.44. The molecule has 0 amide bonds. The van der Waals surface area contributed by atoms with E-state index in [1.54, 1.807) is 0 Å². The molecule has 2 heterocycles. The molecule has 0 bridgehead atoms. The number of hydrogen-bond donors (Lipinski definition) is 1. The molecule has 1 fully saturated rings. The summed E-state index contributed by atoms with van der Waals surface area (Å²) in [6.45, 7) is 3.81. The first kappa shape index (κ1) is 11.6. The van der Waals surface area contributed by atoms with Gasteiger partial charge in [-0.3, -0.25) is 4.68 Å². The smallest absolute Gasteiger partial charge is 0.0625 e. The fourth-order valence-electron chi connectivity index (χ4n) is 2.34. The molecule has 16 heavy (non-hydrogen) atoms. The van der Waals surface area contributed by atoms with Crippen LogP contribution < -0.4 is 5.73 Å². The maximum atomic E-state index is 6.32. The van der Waals surface area contributed by atoms with Crippen LogP contribution in [-0.4, -0.2) is 23.0 Å². The van der Waals surface area contributed by atoms with Crippen molar-refractivity contribution < 1.29 is 4.74 Å². The molecular weight excluding hydrogens is 202 g/mol. The van der Waals surface area contributed by atoms with Crippen LogP contribution in [0.4, 0.5) is 0 Å². The predicted octanol–water partition coefficient (Wildman–Crippen LogP) is 1.41. The molecule has 90 valence electrons. The Morgan fingerprint density at radius 3 is 2.81 bits per heavy atom. The maximum Gasteiger partial charge on any atom is 0.0625 e. The minimum atomic E-state index is 0.0988. The molecule has 0 radical (unpaired) electrons. The van der Waals surface area contributed by atoms with Gasteiger partial charge in [-0.1, -0.05) is 6.92 Å². The third-order valence-electron chi connectivity index (χ3n) is 3.44. The lowest BCUT2D eigenvalue weighted by atomic mass is 9.90. The Kier molecular flexibility index (Phi) is 3.61. The van der Waals surface area contributed by atoms with Crippen LogP contribution in [0.5, 0.6) is 0 Å². The summed E-state index contributed by atoms with van der Waals surface area (Å²) in [5.41, 5.74) is 8.60. The second kappa shape index (κ2) is 4.97. The van der Waals surface area contributed by atoms with Crippen molar-refractivity contribution in [1.29, 1.82) is 0 Å². The van der Waals surface area contributed by atoms with E-state index in [2.05, 4.69) is 18.1 Å². The average Bonchev–Trinajstić information content (AvgIpc) is 2.71. The monoisotopic (exact) mass is 223 g/mol. The molecule has 1 aliphatic rings. The zero-order valence-corrected chi connectivity index (χ0v) is 10.1. The molecule has 1 aromatic rings. The number of aromatic nitrogens is 2. The number of ether oxygens (including phenoxy) is 1. The molecule has 1 aromatic heterocycles. The lowest BCUT2D eigenvalue weighted by molar-refractivity contribution is 0.0575. The molecule has 2 rings (SSSR count). The Hall–Kier alpha value is -0.870. The Morgan fingerprint density at radius 2 is 2.25 bits per heavy atom. The molecule has 0 saturated carbocycles. The Balaban J connectivity index is 2.12. The lowest BCUT2D eigenvalue weighted by Gasteiger charge is -2.27. The summed E-state index contributed by atoms with van der Waals surface area (Å²) < 4.78 is 7.29. The molecule has 0 aromatic carbocycles. The van der Waals surface area contributed by atoms with Gasteiger partial charge >= 0.3 is 0 Å². The summed E-state index contributed by atoms with van der Waals surface area (Å²) in [5, 5.41) is 4.45. The Bertz CT molecular complexity index is 342. The summed E-state index contributed by atoms with van der Waals surface area (Å²) in [7, 11) is 1.98. The van der Waals surface area contributed by atoms with Crippen molar-refractivity contribution >= 4 is 0 Å². The molecule has 0 aliphatic carbocycles. The van der Waals surface area contributed by atoms with E-state index >= 15 is 0 Å². The Labute approximate surface area is 96.8 Å². The Morgan fingerprint density at radius 1 is 1.56 bits per heavy atom. The van der Waals surface area contributed by atoms with Crippen LogP contribution in [0.1, 0.15) is 37.2 Å².